The maximum atomic E-state index is 13.7. The van der Waals surface area contributed by atoms with Crippen molar-refractivity contribution in [1.29, 1.82) is 0 Å². The zero-order chi connectivity index (χ0) is 13.8. The number of pyridine rings is 1. The molecule has 0 saturated carbocycles. The lowest BCUT2D eigenvalue weighted by Gasteiger charge is -2.37. The van der Waals surface area contributed by atoms with Crippen molar-refractivity contribution in [2.24, 2.45) is 5.92 Å². The molecule has 0 bridgehead atoms. The van der Waals surface area contributed by atoms with Crippen molar-refractivity contribution in [1.82, 2.24) is 9.88 Å². The van der Waals surface area contributed by atoms with Crippen molar-refractivity contribution in [3.63, 3.8) is 0 Å². The monoisotopic (exact) mass is 277 g/mol. The number of piperidine rings is 2. The van der Waals surface area contributed by atoms with Crippen LogP contribution >= 0.6 is 0 Å². The Hall–Kier alpha value is -1.16. The third kappa shape index (κ3) is 3.29. The number of nitrogens with zero attached hydrogens (tertiary/aromatic N) is 3. The van der Waals surface area contributed by atoms with E-state index in [1.807, 2.05) is 0 Å². The summed E-state index contributed by atoms with van der Waals surface area (Å²) < 4.78 is 13.7. The first-order chi connectivity index (χ1) is 9.83. The molecule has 2 aliphatic rings. The molecule has 2 fully saturated rings. The van der Waals surface area contributed by atoms with Crippen LogP contribution in [0.25, 0.3) is 0 Å². The predicted molar refractivity (Wildman–Crippen MR) is 79.4 cm³/mol. The summed E-state index contributed by atoms with van der Waals surface area (Å²) >= 11 is 0. The number of hydrogen-bond donors (Lipinski definition) is 0. The van der Waals surface area contributed by atoms with Crippen LogP contribution in [-0.4, -0.2) is 42.6 Å². The van der Waals surface area contributed by atoms with E-state index in [1.54, 1.807) is 12.3 Å². The Kier molecular flexibility index (Phi) is 4.51. The maximum absolute atomic E-state index is 13.7. The Labute approximate surface area is 120 Å². The van der Waals surface area contributed by atoms with Crippen molar-refractivity contribution >= 4 is 5.69 Å². The van der Waals surface area contributed by atoms with Gasteiger partial charge in [0.15, 0.2) is 5.82 Å². The van der Waals surface area contributed by atoms with E-state index in [2.05, 4.69) is 14.8 Å². The molecule has 2 aliphatic heterocycles. The van der Waals surface area contributed by atoms with Gasteiger partial charge in [-0.2, -0.15) is 0 Å². The van der Waals surface area contributed by atoms with Gasteiger partial charge in [-0.25, -0.2) is 4.39 Å². The first-order valence-corrected chi connectivity index (χ1v) is 7.90. The van der Waals surface area contributed by atoms with Crippen LogP contribution in [0, 0.1) is 11.7 Å². The highest BCUT2D eigenvalue weighted by molar-refractivity contribution is 5.46. The second kappa shape index (κ2) is 6.53. The first kappa shape index (κ1) is 13.8. The molecule has 0 amide bonds. The van der Waals surface area contributed by atoms with Crippen LogP contribution in [0.4, 0.5) is 10.1 Å². The molecule has 0 aliphatic carbocycles. The van der Waals surface area contributed by atoms with Gasteiger partial charge >= 0.3 is 0 Å². The van der Waals surface area contributed by atoms with E-state index >= 15 is 0 Å². The quantitative estimate of drug-likeness (QED) is 0.847. The summed E-state index contributed by atoms with van der Waals surface area (Å²) in [5.41, 5.74) is 0.719. The molecule has 2 saturated heterocycles. The standard InChI is InChI=1S/C16H24FN3/c17-15-12-18-7-4-16(15)20-10-5-14(6-11-20)13-19-8-2-1-3-9-19/h4,7,12,14H,1-3,5-6,8-11,13H2. The predicted octanol–water partition coefficient (Wildman–Crippen LogP) is 2.92. The topological polar surface area (TPSA) is 19.4 Å². The van der Waals surface area contributed by atoms with Crippen molar-refractivity contribution in [3.8, 4) is 0 Å². The smallest absolute Gasteiger partial charge is 0.164 e. The summed E-state index contributed by atoms with van der Waals surface area (Å²) in [5, 5.41) is 0. The largest absolute Gasteiger partial charge is 0.369 e. The zero-order valence-electron chi connectivity index (χ0n) is 12.1. The van der Waals surface area contributed by atoms with E-state index in [1.165, 1.54) is 57.9 Å². The summed E-state index contributed by atoms with van der Waals surface area (Å²) in [7, 11) is 0. The summed E-state index contributed by atoms with van der Waals surface area (Å²) in [6.07, 6.45) is 9.47. The van der Waals surface area contributed by atoms with E-state index < -0.39 is 0 Å². The minimum atomic E-state index is -0.193. The molecular weight excluding hydrogens is 253 g/mol. The molecule has 0 unspecified atom stereocenters. The van der Waals surface area contributed by atoms with Gasteiger partial charge in [-0.15, -0.1) is 0 Å². The second-order valence-corrected chi connectivity index (χ2v) is 6.12. The van der Waals surface area contributed by atoms with Crippen LogP contribution in [0.15, 0.2) is 18.5 Å². The third-order valence-electron chi connectivity index (χ3n) is 4.67. The van der Waals surface area contributed by atoms with Crippen molar-refractivity contribution in [3.05, 3.63) is 24.3 Å². The van der Waals surface area contributed by atoms with Gasteiger partial charge in [-0.1, -0.05) is 6.42 Å². The second-order valence-electron chi connectivity index (χ2n) is 6.12. The minimum Gasteiger partial charge on any atom is -0.369 e. The normalized spacial score (nSPS) is 22.1. The Bertz CT molecular complexity index is 423. The fraction of sp³-hybridized carbons (Fsp3) is 0.688. The molecule has 4 heteroatoms. The van der Waals surface area contributed by atoms with Crippen LogP contribution in [-0.2, 0) is 0 Å². The molecule has 20 heavy (non-hydrogen) atoms. The van der Waals surface area contributed by atoms with Gasteiger partial charge in [0, 0.05) is 25.8 Å². The van der Waals surface area contributed by atoms with Crippen molar-refractivity contribution < 1.29 is 4.39 Å². The van der Waals surface area contributed by atoms with Crippen molar-refractivity contribution in [2.75, 3.05) is 37.6 Å². The number of rotatable bonds is 3. The Morgan fingerprint density at radius 1 is 1.10 bits per heavy atom. The van der Waals surface area contributed by atoms with E-state index in [4.69, 9.17) is 0 Å². The van der Waals surface area contributed by atoms with E-state index in [9.17, 15) is 4.39 Å². The first-order valence-electron chi connectivity index (χ1n) is 7.90. The number of likely N-dealkylation sites (tertiary alicyclic amines) is 1. The van der Waals surface area contributed by atoms with Crippen LogP contribution in [0.1, 0.15) is 32.1 Å². The van der Waals surface area contributed by atoms with Gasteiger partial charge in [0.1, 0.15) is 0 Å². The molecule has 1 aromatic heterocycles. The highest BCUT2D eigenvalue weighted by Gasteiger charge is 2.23. The molecule has 3 nitrogen and oxygen atoms in total. The molecule has 1 aromatic rings. The number of anilines is 1. The Morgan fingerprint density at radius 2 is 1.85 bits per heavy atom. The SMILES string of the molecule is Fc1cnccc1N1CCC(CN2CCCCC2)CC1. The van der Waals surface area contributed by atoms with Gasteiger partial charge in [-0.3, -0.25) is 4.98 Å². The molecule has 0 radical (unpaired) electrons. The summed E-state index contributed by atoms with van der Waals surface area (Å²) in [4.78, 5) is 8.62. The van der Waals surface area contributed by atoms with Crippen LogP contribution < -0.4 is 4.90 Å². The Balaban J connectivity index is 1.50. The van der Waals surface area contributed by atoms with Crippen molar-refractivity contribution in [2.45, 2.75) is 32.1 Å². The molecule has 3 heterocycles. The van der Waals surface area contributed by atoms with Gasteiger partial charge in [0.2, 0.25) is 0 Å². The lowest BCUT2D eigenvalue weighted by atomic mass is 9.95. The molecule has 0 aromatic carbocycles. The summed E-state index contributed by atoms with van der Waals surface area (Å²) in [5.74, 6) is 0.594. The highest BCUT2D eigenvalue weighted by Crippen LogP contribution is 2.26. The molecule has 0 atom stereocenters. The van der Waals surface area contributed by atoms with Gasteiger partial charge < -0.3 is 9.80 Å². The van der Waals surface area contributed by atoms with Gasteiger partial charge in [-0.05, 0) is 50.8 Å². The number of hydrogen-bond acceptors (Lipinski definition) is 3. The fourth-order valence-electron chi connectivity index (χ4n) is 3.49. The van der Waals surface area contributed by atoms with Crippen LogP contribution in [0.2, 0.25) is 0 Å². The molecule has 0 spiro atoms. The highest BCUT2D eigenvalue weighted by atomic mass is 19.1. The van der Waals surface area contributed by atoms with E-state index in [0.717, 1.165) is 24.7 Å². The lowest BCUT2D eigenvalue weighted by molar-refractivity contribution is 0.181. The number of halogens is 1. The molecule has 3 rings (SSSR count). The van der Waals surface area contributed by atoms with E-state index in [0.29, 0.717) is 0 Å². The third-order valence-corrected chi connectivity index (χ3v) is 4.67. The number of aromatic nitrogens is 1. The maximum Gasteiger partial charge on any atom is 0.164 e. The molecule has 0 N–H and O–H groups in total. The lowest BCUT2D eigenvalue weighted by Crippen LogP contribution is -2.40. The zero-order valence-corrected chi connectivity index (χ0v) is 12.1. The molecular formula is C16H24FN3. The summed E-state index contributed by atoms with van der Waals surface area (Å²) in [6.45, 7) is 5.74. The van der Waals surface area contributed by atoms with Gasteiger partial charge in [0.05, 0.1) is 11.9 Å². The molecule has 110 valence electrons. The average Bonchev–Trinajstić information content (AvgIpc) is 2.50. The minimum absolute atomic E-state index is 0.193. The van der Waals surface area contributed by atoms with Crippen LogP contribution in [0.5, 0.6) is 0 Å². The van der Waals surface area contributed by atoms with E-state index in [-0.39, 0.29) is 5.82 Å². The fourth-order valence-corrected chi connectivity index (χ4v) is 3.49. The Morgan fingerprint density at radius 3 is 2.55 bits per heavy atom. The van der Waals surface area contributed by atoms with Gasteiger partial charge in [0.25, 0.3) is 0 Å². The average molecular weight is 277 g/mol. The van der Waals surface area contributed by atoms with Crippen LogP contribution in [0.3, 0.4) is 0 Å². The summed E-state index contributed by atoms with van der Waals surface area (Å²) in [6, 6.07) is 1.79.